The molecule has 0 aromatic heterocycles. The Morgan fingerprint density at radius 2 is 1.83 bits per heavy atom. The van der Waals surface area contributed by atoms with Crippen LogP contribution in [0.5, 0.6) is 0 Å². The molecule has 120 valence electrons. The molecule has 2 rings (SSSR count). The zero-order valence-corrected chi connectivity index (χ0v) is 12.7. The molecule has 0 aliphatic heterocycles. The zero-order chi connectivity index (χ0) is 16.7. The van der Waals surface area contributed by atoms with Crippen LogP contribution in [0.15, 0.2) is 48.5 Å². The molecule has 0 saturated heterocycles. The van der Waals surface area contributed by atoms with Crippen molar-refractivity contribution in [2.75, 3.05) is 18.9 Å². The fraction of sp³-hybridized carbons (Fsp3) is 0.176. The van der Waals surface area contributed by atoms with Crippen molar-refractivity contribution < 1.29 is 14.0 Å². The van der Waals surface area contributed by atoms with Gasteiger partial charge in [0.15, 0.2) is 0 Å². The topological polar surface area (TPSA) is 70.2 Å². The molecule has 2 aromatic carbocycles. The zero-order valence-electron chi connectivity index (χ0n) is 12.7. The standard InChI is InChI=1S/C17H18FN3O2/c1-19-16(22)13-5-7-15(8-6-13)21-17(23)20-10-9-12-3-2-4-14(18)11-12/h2-8,11H,9-10H2,1H3,(H,19,22)(H2,20,21,23). The summed E-state index contributed by atoms with van der Waals surface area (Å²) in [5, 5.41) is 7.89. The summed E-state index contributed by atoms with van der Waals surface area (Å²) in [6, 6.07) is 12.5. The van der Waals surface area contributed by atoms with Crippen molar-refractivity contribution in [3.8, 4) is 0 Å². The molecule has 0 atom stereocenters. The van der Waals surface area contributed by atoms with E-state index in [1.165, 1.54) is 12.1 Å². The van der Waals surface area contributed by atoms with E-state index in [1.54, 1.807) is 43.4 Å². The van der Waals surface area contributed by atoms with Crippen molar-refractivity contribution in [3.05, 3.63) is 65.5 Å². The van der Waals surface area contributed by atoms with Crippen LogP contribution in [0.2, 0.25) is 0 Å². The lowest BCUT2D eigenvalue weighted by Crippen LogP contribution is -2.30. The molecular formula is C17H18FN3O2. The maximum Gasteiger partial charge on any atom is 0.319 e. The predicted octanol–water partition coefficient (Wildman–Crippen LogP) is 2.55. The van der Waals surface area contributed by atoms with Crippen LogP contribution in [-0.4, -0.2) is 25.5 Å². The number of halogens is 1. The van der Waals surface area contributed by atoms with E-state index < -0.39 is 0 Å². The lowest BCUT2D eigenvalue weighted by molar-refractivity contribution is 0.0963. The molecule has 0 fully saturated rings. The predicted molar refractivity (Wildman–Crippen MR) is 87.0 cm³/mol. The van der Waals surface area contributed by atoms with Crippen molar-refractivity contribution in [3.63, 3.8) is 0 Å². The van der Waals surface area contributed by atoms with Gasteiger partial charge < -0.3 is 16.0 Å². The van der Waals surface area contributed by atoms with E-state index in [2.05, 4.69) is 16.0 Å². The number of carbonyl (C=O) groups excluding carboxylic acids is 2. The van der Waals surface area contributed by atoms with Crippen LogP contribution in [-0.2, 0) is 6.42 Å². The van der Waals surface area contributed by atoms with E-state index in [1.807, 2.05) is 0 Å². The summed E-state index contributed by atoms with van der Waals surface area (Å²) in [5.41, 5.74) is 1.92. The molecule has 0 saturated carbocycles. The number of carbonyl (C=O) groups is 2. The minimum atomic E-state index is -0.353. The molecule has 3 N–H and O–H groups in total. The monoisotopic (exact) mass is 315 g/mol. The molecule has 0 bridgehead atoms. The Labute approximate surface area is 133 Å². The molecular weight excluding hydrogens is 297 g/mol. The summed E-state index contributed by atoms with van der Waals surface area (Å²) in [7, 11) is 1.56. The van der Waals surface area contributed by atoms with Crippen molar-refractivity contribution in [1.29, 1.82) is 0 Å². The van der Waals surface area contributed by atoms with Crippen LogP contribution < -0.4 is 16.0 Å². The van der Waals surface area contributed by atoms with Gasteiger partial charge in [-0.25, -0.2) is 9.18 Å². The van der Waals surface area contributed by atoms with Crippen LogP contribution in [0.1, 0.15) is 15.9 Å². The lowest BCUT2D eigenvalue weighted by Gasteiger charge is -2.08. The van der Waals surface area contributed by atoms with Crippen LogP contribution in [0.25, 0.3) is 0 Å². The van der Waals surface area contributed by atoms with Gasteiger partial charge in [-0.05, 0) is 48.4 Å². The van der Waals surface area contributed by atoms with Crippen molar-refractivity contribution in [2.24, 2.45) is 0 Å². The number of rotatable bonds is 5. The number of nitrogens with one attached hydrogen (secondary N) is 3. The number of amides is 3. The Hall–Kier alpha value is -2.89. The van der Waals surface area contributed by atoms with Crippen molar-refractivity contribution in [2.45, 2.75) is 6.42 Å². The van der Waals surface area contributed by atoms with Gasteiger partial charge in [-0.3, -0.25) is 4.79 Å². The summed E-state index contributed by atoms with van der Waals surface area (Å²) in [6.07, 6.45) is 0.542. The third-order valence-electron chi connectivity index (χ3n) is 3.22. The van der Waals surface area contributed by atoms with Crippen LogP contribution in [0.4, 0.5) is 14.9 Å². The summed E-state index contributed by atoms with van der Waals surface area (Å²) in [5.74, 6) is -0.473. The van der Waals surface area contributed by atoms with Gasteiger partial charge in [0, 0.05) is 24.8 Å². The first-order valence-electron chi connectivity index (χ1n) is 7.20. The van der Waals surface area contributed by atoms with Gasteiger partial charge in [-0.1, -0.05) is 12.1 Å². The minimum Gasteiger partial charge on any atom is -0.355 e. The van der Waals surface area contributed by atoms with Crippen LogP contribution in [0.3, 0.4) is 0 Å². The first kappa shape index (κ1) is 16.5. The Morgan fingerprint density at radius 1 is 1.09 bits per heavy atom. The molecule has 23 heavy (non-hydrogen) atoms. The maximum atomic E-state index is 13.0. The number of benzene rings is 2. The molecule has 3 amide bonds. The van der Waals surface area contributed by atoms with Gasteiger partial charge in [0.25, 0.3) is 5.91 Å². The molecule has 0 unspecified atom stereocenters. The Morgan fingerprint density at radius 3 is 2.48 bits per heavy atom. The first-order chi connectivity index (χ1) is 11.1. The van der Waals surface area contributed by atoms with Gasteiger partial charge in [-0.15, -0.1) is 0 Å². The molecule has 0 radical (unpaired) electrons. The molecule has 0 aliphatic rings. The van der Waals surface area contributed by atoms with Gasteiger partial charge in [0.05, 0.1) is 0 Å². The Kier molecular flexibility index (Phi) is 5.68. The van der Waals surface area contributed by atoms with Gasteiger partial charge in [0.1, 0.15) is 5.82 Å². The molecule has 6 heteroatoms. The normalized spacial score (nSPS) is 10.0. The molecule has 0 aliphatic carbocycles. The summed E-state index contributed by atoms with van der Waals surface area (Å²) >= 11 is 0. The summed E-state index contributed by atoms with van der Waals surface area (Å²) in [6.45, 7) is 0.394. The fourth-order valence-electron chi connectivity index (χ4n) is 2.04. The Balaban J connectivity index is 1.79. The average Bonchev–Trinajstić information content (AvgIpc) is 2.55. The highest BCUT2D eigenvalue weighted by molar-refractivity contribution is 5.95. The van der Waals surface area contributed by atoms with E-state index >= 15 is 0 Å². The smallest absolute Gasteiger partial charge is 0.319 e. The highest BCUT2D eigenvalue weighted by Gasteiger charge is 2.05. The lowest BCUT2D eigenvalue weighted by atomic mass is 10.1. The molecule has 5 nitrogen and oxygen atoms in total. The van der Waals surface area contributed by atoms with Crippen LogP contribution >= 0.6 is 0 Å². The van der Waals surface area contributed by atoms with E-state index in [0.29, 0.717) is 24.2 Å². The number of hydrogen-bond donors (Lipinski definition) is 3. The van der Waals surface area contributed by atoms with E-state index in [4.69, 9.17) is 0 Å². The third-order valence-corrected chi connectivity index (χ3v) is 3.22. The van der Waals surface area contributed by atoms with Gasteiger partial charge in [-0.2, -0.15) is 0 Å². The van der Waals surface area contributed by atoms with Crippen molar-refractivity contribution >= 4 is 17.6 Å². The second-order valence-electron chi connectivity index (χ2n) is 4.92. The first-order valence-corrected chi connectivity index (χ1v) is 7.20. The molecule has 0 spiro atoms. The SMILES string of the molecule is CNC(=O)c1ccc(NC(=O)NCCc2cccc(F)c2)cc1. The minimum absolute atomic E-state index is 0.184. The second-order valence-corrected chi connectivity index (χ2v) is 4.92. The number of urea groups is 1. The third kappa shape index (κ3) is 5.10. The van der Waals surface area contributed by atoms with Crippen LogP contribution in [0, 0.1) is 5.82 Å². The average molecular weight is 315 g/mol. The number of anilines is 1. The maximum absolute atomic E-state index is 13.0. The largest absolute Gasteiger partial charge is 0.355 e. The van der Waals surface area contributed by atoms with Gasteiger partial charge >= 0.3 is 6.03 Å². The van der Waals surface area contributed by atoms with E-state index in [-0.39, 0.29) is 17.8 Å². The van der Waals surface area contributed by atoms with Gasteiger partial charge in [0.2, 0.25) is 0 Å². The quantitative estimate of drug-likeness (QED) is 0.793. The van der Waals surface area contributed by atoms with E-state index in [0.717, 1.165) is 5.56 Å². The molecule has 0 heterocycles. The summed E-state index contributed by atoms with van der Waals surface area (Å²) < 4.78 is 13.0. The Bertz CT molecular complexity index is 686. The van der Waals surface area contributed by atoms with Crippen molar-refractivity contribution in [1.82, 2.24) is 10.6 Å². The second kappa shape index (κ2) is 7.93. The highest BCUT2D eigenvalue weighted by Crippen LogP contribution is 2.09. The van der Waals surface area contributed by atoms with E-state index in [9.17, 15) is 14.0 Å². The number of hydrogen-bond acceptors (Lipinski definition) is 2. The highest BCUT2D eigenvalue weighted by atomic mass is 19.1. The molecule has 2 aromatic rings. The fourth-order valence-corrected chi connectivity index (χ4v) is 2.04. The summed E-state index contributed by atoms with van der Waals surface area (Å²) in [4.78, 5) is 23.2.